The number of rotatable bonds is 4. The van der Waals surface area contributed by atoms with Gasteiger partial charge in [-0.05, 0) is 20.3 Å². The molecule has 0 aromatic heterocycles. The molecule has 1 aliphatic heterocycles. The molecule has 72 valence electrons. The van der Waals surface area contributed by atoms with Gasteiger partial charge in [-0.25, -0.2) is 0 Å². The predicted octanol–water partition coefficient (Wildman–Crippen LogP) is 0.478. The highest BCUT2D eigenvalue weighted by atomic mass is 16.5. The van der Waals surface area contributed by atoms with E-state index >= 15 is 0 Å². The molecule has 0 aliphatic carbocycles. The highest BCUT2D eigenvalue weighted by molar-refractivity contribution is 4.73. The molecule has 1 aliphatic rings. The molecule has 1 heterocycles. The predicted molar refractivity (Wildman–Crippen MR) is 48.2 cm³/mol. The lowest BCUT2D eigenvalue weighted by molar-refractivity contribution is 0.0608. The Labute approximate surface area is 74.3 Å². The van der Waals surface area contributed by atoms with Crippen LogP contribution in [0.15, 0.2) is 0 Å². The van der Waals surface area contributed by atoms with Crippen molar-refractivity contribution >= 4 is 0 Å². The van der Waals surface area contributed by atoms with Crippen LogP contribution in [0.3, 0.4) is 0 Å². The molecule has 12 heavy (non-hydrogen) atoms. The van der Waals surface area contributed by atoms with Crippen LogP contribution in [0.2, 0.25) is 0 Å². The molecule has 1 fully saturated rings. The van der Waals surface area contributed by atoms with Crippen molar-refractivity contribution in [1.82, 2.24) is 4.90 Å². The van der Waals surface area contributed by atoms with E-state index in [-0.39, 0.29) is 6.10 Å². The lowest BCUT2D eigenvalue weighted by Crippen LogP contribution is -2.27. The fraction of sp³-hybridized carbons (Fsp3) is 1.00. The number of β-amino-alcohol motifs (C(OH)–C–C–N with tert-alkyl or cyclic N) is 1. The maximum Gasteiger partial charge on any atom is 0.0679 e. The van der Waals surface area contributed by atoms with Crippen molar-refractivity contribution in [1.29, 1.82) is 0 Å². The van der Waals surface area contributed by atoms with Crippen LogP contribution in [0.5, 0.6) is 0 Å². The van der Waals surface area contributed by atoms with E-state index in [9.17, 15) is 5.11 Å². The summed E-state index contributed by atoms with van der Waals surface area (Å²) in [5, 5.41) is 9.23. The van der Waals surface area contributed by atoms with E-state index in [2.05, 4.69) is 4.90 Å². The van der Waals surface area contributed by atoms with Gasteiger partial charge in [0, 0.05) is 19.6 Å². The van der Waals surface area contributed by atoms with Gasteiger partial charge in [0.25, 0.3) is 0 Å². The van der Waals surface area contributed by atoms with Crippen LogP contribution in [0.25, 0.3) is 0 Å². The highest BCUT2D eigenvalue weighted by Gasteiger charge is 2.19. The van der Waals surface area contributed by atoms with Crippen LogP contribution in [-0.4, -0.2) is 48.5 Å². The van der Waals surface area contributed by atoms with Gasteiger partial charge >= 0.3 is 0 Å². The second kappa shape index (κ2) is 4.80. The van der Waals surface area contributed by atoms with Gasteiger partial charge in [0.15, 0.2) is 0 Å². The van der Waals surface area contributed by atoms with E-state index in [1.807, 2.05) is 13.8 Å². The standard InChI is InChI=1S/C9H19NO2/c1-8(2)12-6-5-10-4-3-9(11)7-10/h8-9,11H,3-7H2,1-2H3/t9-/m1/s1. The minimum Gasteiger partial charge on any atom is -0.392 e. The zero-order valence-corrected chi connectivity index (χ0v) is 7.99. The van der Waals surface area contributed by atoms with E-state index in [1.54, 1.807) is 0 Å². The van der Waals surface area contributed by atoms with Crippen molar-refractivity contribution < 1.29 is 9.84 Å². The molecule has 0 unspecified atom stereocenters. The second-order valence-corrected chi connectivity index (χ2v) is 3.66. The van der Waals surface area contributed by atoms with Crippen LogP contribution in [0, 0.1) is 0 Å². The molecule has 0 bridgehead atoms. The van der Waals surface area contributed by atoms with E-state index in [1.165, 1.54) is 0 Å². The van der Waals surface area contributed by atoms with Gasteiger partial charge in [0.2, 0.25) is 0 Å². The Hall–Kier alpha value is -0.120. The van der Waals surface area contributed by atoms with Crippen LogP contribution < -0.4 is 0 Å². The average Bonchev–Trinajstić information content (AvgIpc) is 2.35. The molecule has 0 amide bonds. The minimum atomic E-state index is -0.107. The van der Waals surface area contributed by atoms with Gasteiger partial charge in [0.1, 0.15) is 0 Å². The summed E-state index contributed by atoms with van der Waals surface area (Å²) in [5.41, 5.74) is 0. The topological polar surface area (TPSA) is 32.7 Å². The van der Waals surface area contributed by atoms with Gasteiger partial charge < -0.3 is 9.84 Å². The molecular formula is C9H19NO2. The first kappa shape index (κ1) is 9.96. The maximum absolute atomic E-state index is 9.23. The summed E-state index contributed by atoms with van der Waals surface area (Å²) in [5.74, 6) is 0. The van der Waals surface area contributed by atoms with Crippen molar-refractivity contribution in [3.63, 3.8) is 0 Å². The first-order valence-corrected chi connectivity index (χ1v) is 4.70. The minimum absolute atomic E-state index is 0.107. The lowest BCUT2D eigenvalue weighted by Gasteiger charge is -2.15. The molecule has 1 atom stereocenters. The Morgan fingerprint density at radius 3 is 2.83 bits per heavy atom. The highest BCUT2D eigenvalue weighted by Crippen LogP contribution is 2.07. The molecule has 0 aromatic rings. The van der Waals surface area contributed by atoms with Crippen LogP contribution in [-0.2, 0) is 4.74 Å². The second-order valence-electron chi connectivity index (χ2n) is 3.66. The van der Waals surface area contributed by atoms with E-state index in [4.69, 9.17) is 4.74 Å². The first-order chi connectivity index (χ1) is 5.68. The summed E-state index contributed by atoms with van der Waals surface area (Å²) in [4.78, 5) is 2.24. The molecule has 3 heteroatoms. The molecule has 1 N–H and O–H groups in total. The average molecular weight is 173 g/mol. The number of aliphatic hydroxyl groups excluding tert-OH is 1. The summed E-state index contributed by atoms with van der Waals surface area (Å²) in [7, 11) is 0. The van der Waals surface area contributed by atoms with Crippen molar-refractivity contribution in [3.05, 3.63) is 0 Å². The number of ether oxygens (including phenoxy) is 1. The molecule has 1 rings (SSSR count). The van der Waals surface area contributed by atoms with Crippen molar-refractivity contribution in [2.75, 3.05) is 26.2 Å². The summed E-state index contributed by atoms with van der Waals surface area (Å²) in [6.45, 7) is 7.65. The quantitative estimate of drug-likeness (QED) is 0.671. The molecule has 0 radical (unpaired) electrons. The first-order valence-electron chi connectivity index (χ1n) is 4.70. The van der Waals surface area contributed by atoms with Gasteiger partial charge in [-0.1, -0.05) is 0 Å². The zero-order valence-electron chi connectivity index (χ0n) is 7.99. The third kappa shape index (κ3) is 3.52. The van der Waals surface area contributed by atoms with Crippen molar-refractivity contribution in [3.8, 4) is 0 Å². The third-order valence-corrected chi connectivity index (χ3v) is 2.11. The maximum atomic E-state index is 9.23. The fourth-order valence-corrected chi connectivity index (χ4v) is 1.43. The summed E-state index contributed by atoms with van der Waals surface area (Å²) in [6, 6.07) is 0. The zero-order chi connectivity index (χ0) is 8.97. The molecule has 0 aromatic carbocycles. The number of likely N-dealkylation sites (tertiary alicyclic amines) is 1. The Bertz CT molecular complexity index is 128. The number of hydrogen-bond donors (Lipinski definition) is 1. The summed E-state index contributed by atoms with van der Waals surface area (Å²) < 4.78 is 5.42. The number of hydrogen-bond acceptors (Lipinski definition) is 3. The Kier molecular flexibility index (Phi) is 3.98. The third-order valence-electron chi connectivity index (χ3n) is 2.11. The van der Waals surface area contributed by atoms with Crippen molar-refractivity contribution in [2.45, 2.75) is 32.5 Å². The smallest absolute Gasteiger partial charge is 0.0679 e. The Balaban J connectivity index is 2.00. The lowest BCUT2D eigenvalue weighted by atomic mass is 10.3. The molecule has 0 saturated carbocycles. The van der Waals surface area contributed by atoms with Gasteiger partial charge in [-0.3, -0.25) is 4.90 Å². The molecular weight excluding hydrogens is 154 g/mol. The van der Waals surface area contributed by atoms with E-state index in [0.29, 0.717) is 6.10 Å². The normalized spacial score (nSPS) is 25.5. The van der Waals surface area contributed by atoms with Crippen molar-refractivity contribution in [2.24, 2.45) is 0 Å². The molecule has 0 spiro atoms. The molecule has 3 nitrogen and oxygen atoms in total. The van der Waals surface area contributed by atoms with E-state index < -0.39 is 0 Å². The van der Waals surface area contributed by atoms with E-state index in [0.717, 1.165) is 32.7 Å². The SMILES string of the molecule is CC(C)OCCN1CC[C@@H](O)C1. The fourth-order valence-electron chi connectivity index (χ4n) is 1.43. The van der Waals surface area contributed by atoms with Gasteiger partial charge in [0.05, 0.1) is 18.8 Å². The number of aliphatic hydroxyl groups is 1. The van der Waals surface area contributed by atoms with Crippen LogP contribution in [0.4, 0.5) is 0 Å². The largest absolute Gasteiger partial charge is 0.392 e. The Morgan fingerprint density at radius 1 is 1.58 bits per heavy atom. The number of nitrogens with zero attached hydrogens (tertiary/aromatic N) is 1. The summed E-state index contributed by atoms with van der Waals surface area (Å²) >= 11 is 0. The Morgan fingerprint density at radius 2 is 2.33 bits per heavy atom. The van der Waals surface area contributed by atoms with Crippen LogP contribution >= 0.6 is 0 Å². The van der Waals surface area contributed by atoms with Crippen LogP contribution in [0.1, 0.15) is 20.3 Å². The monoisotopic (exact) mass is 173 g/mol. The summed E-state index contributed by atoms with van der Waals surface area (Å²) in [6.07, 6.45) is 1.13. The van der Waals surface area contributed by atoms with Gasteiger partial charge in [-0.15, -0.1) is 0 Å². The molecule has 1 saturated heterocycles. The van der Waals surface area contributed by atoms with Gasteiger partial charge in [-0.2, -0.15) is 0 Å².